The number of methoxy groups -OCH3 is 1. The molecule has 2 aromatic heterocycles. The number of aromatic nitrogens is 3. The molecule has 7 nitrogen and oxygen atoms in total. The van der Waals surface area contributed by atoms with E-state index in [0.29, 0.717) is 18.8 Å². The van der Waals surface area contributed by atoms with E-state index in [0.717, 1.165) is 5.52 Å². The highest BCUT2D eigenvalue weighted by Gasteiger charge is 2.38. The minimum atomic E-state index is -0.858. The number of carboxylic acids is 1. The molecule has 0 spiro atoms. The Balaban J connectivity index is 2.04. The molecule has 2 unspecified atom stereocenters. The number of carboxylic acid groups (broad SMARTS) is 1. The summed E-state index contributed by atoms with van der Waals surface area (Å²) in [4.78, 5) is 17.5. The van der Waals surface area contributed by atoms with Crippen LogP contribution >= 0.6 is 0 Å². The Hall–Kier alpha value is -2.15. The smallest absolute Gasteiger partial charge is 0.326 e. The molecular formula is C12H14N4O3. The molecule has 3 rings (SSSR count). The van der Waals surface area contributed by atoms with Crippen molar-refractivity contribution >= 4 is 17.3 Å². The molecule has 7 heteroatoms. The lowest BCUT2D eigenvalue weighted by Crippen LogP contribution is -2.36. The van der Waals surface area contributed by atoms with Crippen molar-refractivity contribution in [2.45, 2.75) is 18.6 Å². The Morgan fingerprint density at radius 3 is 3.11 bits per heavy atom. The number of rotatable bonds is 3. The Kier molecular flexibility index (Phi) is 2.83. The van der Waals surface area contributed by atoms with Crippen molar-refractivity contribution in [3.63, 3.8) is 0 Å². The van der Waals surface area contributed by atoms with E-state index in [1.807, 2.05) is 6.07 Å². The van der Waals surface area contributed by atoms with E-state index < -0.39 is 12.0 Å². The number of carbonyl (C=O) groups is 1. The van der Waals surface area contributed by atoms with Gasteiger partial charge in [-0.3, -0.25) is 0 Å². The summed E-state index contributed by atoms with van der Waals surface area (Å²) in [6.45, 7) is 0.519. The zero-order valence-electron chi connectivity index (χ0n) is 10.4. The van der Waals surface area contributed by atoms with E-state index in [4.69, 9.17) is 4.74 Å². The molecule has 2 aromatic rings. The summed E-state index contributed by atoms with van der Waals surface area (Å²) in [6.07, 6.45) is 5.39. The highest BCUT2D eigenvalue weighted by atomic mass is 16.5. The van der Waals surface area contributed by atoms with Gasteiger partial charge in [-0.2, -0.15) is 5.10 Å². The van der Waals surface area contributed by atoms with Crippen LogP contribution in [0.2, 0.25) is 0 Å². The summed E-state index contributed by atoms with van der Waals surface area (Å²) < 4.78 is 6.96. The number of hydrogen-bond acceptors (Lipinski definition) is 5. The second-order valence-electron chi connectivity index (χ2n) is 4.51. The van der Waals surface area contributed by atoms with E-state index in [9.17, 15) is 9.90 Å². The summed E-state index contributed by atoms with van der Waals surface area (Å²) >= 11 is 0. The van der Waals surface area contributed by atoms with Gasteiger partial charge in [0.2, 0.25) is 0 Å². The number of nitrogens with zero attached hydrogens (tertiary/aromatic N) is 4. The fourth-order valence-corrected chi connectivity index (χ4v) is 2.50. The fourth-order valence-electron chi connectivity index (χ4n) is 2.50. The molecule has 1 aliphatic heterocycles. The molecule has 1 aliphatic rings. The van der Waals surface area contributed by atoms with Gasteiger partial charge in [0.05, 0.1) is 12.3 Å². The Labute approximate surface area is 109 Å². The first-order chi connectivity index (χ1) is 9.20. The molecule has 1 N–H and O–H groups in total. The zero-order valence-corrected chi connectivity index (χ0v) is 10.4. The summed E-state index contributed by atoms with van der Waals surface area (Å²) in [5.41, 5.74) is 0.797. The van der Waals surface area contributed by atoms with Crippen LogP contribution in [0.5, 0.6) is 0 Å². The third kappa shape index (κ3) is 1.91. The van der Waals surface area contributed by atoms with Gasteiger partial charge in [0.1, 0.15) is 11.6 Å². The third-order valence-corrected chi connectivity index (χ3v) is 3.46. The van der Waals surface area contributed by atoms with E-state index >= 15 is 0 Å². The first-order valence-corrected chi connectivity index (χ1v) is 6.01. The van der Waals surface area contributed by atoms with Gasteiger partial charge in [-0.05, 0) is 6.07 Å². The SMILES string of the molecule is COC1CC(C(=O)O)N(c2nccn3nccc23)C1. The standard InChI is InChI=1S/C12H14N4O3/c1-19-8-6-10(12(17)18)15(7-8)11-9-2-3-14-16(9)5-4-13-11/h2-5,8,10H,6-7H2,1H3,(H,17,18). The minimum absolute atomic E-state index is 0.0916. The van der Waals surface area contributed by atoms with Crippen LogP contribution in [-0.2, 0) is 9.53 Å². The molecule has 0 bridgehead atoms. The van der Waals surface area contributed by atoms with Crippen molar-refractivity contribution in [1.82, 2.24) is 14.6 Å². The first kappa shape index (κ1) is 11.9. The minimum Gasteiger partial charge on any atom is -0.480 e. The molecule has 0 aromatic carbocycles. The molecule has 19 heavy (non-hydrogen) atoms. The summed E-state index contributed by atoms with van der Waals surface area (Å²) in [5, 5.41) is 13.5. The molecule has 1 saturated heterocycles. The zero-order chi connectivity index (χ0) is 13.4. The van der Waals surface area contributed by atoms with E-state index in [1.54, 1.807) is 35.1 Å². The van der Waals surface area contributed by atoms with Crippen LogP contribution < -0.4 is 4.90 Å². The molecule has 0 radical (unpaired) electrons. The number of aliphatic carboxylic acids is 1. The van der Waals surface area contributed by atoms with Gasteiger partial charge in [0.25, 0.3) is 0 Å². The second kappa shape index (κ2) is 4.51. The van der Waals surface area contributed by atoms with Gasteiger partial charge in [-0.15, -0.1) is 0 Å². The number of anilines is 1. The number of hydrogen-bond donors (Lipinski definition) is 1. The molecule has 0 amide bonds. The van der Waals surface area contributed by atoms with Crippen LogP contribution in [0.25, 0.3) is 5.52 Å². The van der Waals surface area contributed by atoms with E-state index in [1.165, 1.54) is 0 Å². The van der Waals surface area contributed by atoms with Crippen molar-refractivity contribution in [1.29, 1.82) is 0 Å². The fraction of sp³-hybridized carbons (Fsp3) is 0.417. The average molecular weight is 262 g/mol. The van der Waals surface area contributed by atoms with Crippen LogP contribution in [0.4, 0.5) is 5.82 Å². The maximum atomic E-state index is 11.4. The lowest BCUT2D eigenvalue weighted by Gasteiger charge is -2.22. The van der Waals surface area contributed by atoms with Gasteiger partial charge in [-0.1, -0.05) is 0 Å². The summed E-state index contributed by atoms with van der Waals surface area (Å²) in [6, 6.07) is 1.21. The average Bonchev–Trinajstić information content (AvgIpc) is 3.04. The van der Waals surface area contributed by atoms with Gasteiger partial charge in [0.15, 0.2) is 5.82 Å². The quantitative estimate of drug-likeness (QED) is 0.863. The second-order valence-corrected chi connectivity index (χ2v) is 4.51. The normalized spacial score (nSPS) is 23.1. The highest BCUT2D eigenvalue weighted by molar-refractivity contribution is 5.82. The molecule has 2 atom stereocenters. The van der Waals surface area contributed by atoms with E-state index in [-0.39, 0.29) is 6.10 Å². The maximum Gasteiger partial charge on any atom is 0.326 e. The van der Waals surface area contributed by atoms with Gasteiger partial charge >= 0.3 is 5.97 Å². The van der Waals surface area contributed by atoms with E-state index in [2.05, 4.69) is 10.1 Å². The molecule has 0 saturated carbocycles. The Morgan fingerprint density at radius 1 is 1.53 bits per heavy atom. The van der Waals surface area contributed by atoms with Crippen LogP contribution in [0.15, 0.2) is 24.7 Å². The predicted molar refractivity (Wildman–Crippen MR) is 67.2 cm³/mol. The first-order valence-electron chi connectivity index (χ1n) is 6.01. The highest BCUT2D eigenvalue weighted by Crippen LogP contribution is 2.28. The summed E-state index contributed by atoms with van der Waals surface area (Å²) in [7, 11) is 1.60. The van der Waals surface area contributed by atoms with Crippen molar-refractivity contribution < 1.29 is 14.6 Å². The lowest BCUT2D eigenvalue weighted by atomic mass is 10.2. The number of ether oxygens (including phenoxy) is 1. The third-order valence-electron chi connectivity index (χ3n) is 3.46. The Bertz CT molecular complexity index is 612. The molecule has 100 valence electrons. The largest absolute Gasteiger partial charge is 0.480 e. The topological polar surface area (TPSA) is 80.0 Å². The van der Waals surface area contributed by atoms with Crippen LogP contribution in [0.3, 0.4) is 0 Å². The van der Waals surface area contributed by atoms with Crippen molar-refractivity contribution in [2.75, 3.05) is 18.6 Å². The Morgan fingerprint density at radius 2 is 2.37 bits per heavy atom. The van der Waals surface area contributed by atoms with Crippen molar-refractivity contribution in [2.24, 2.45) is 0 Å². The van der Waals surface area contributed by atoms with Gasteiger partial charge in [-0.25, -0.2) is 14.3 Å². The van der Waals surface area contributed by atoms with Crippen LogP contribution in [-0.4, -0.2) is 51.5 Å². The van der Waals surface area contributed by atoms with Gasteiger partial charge in [0, 0.05) is 32.5 Å². The van der Waals surface area contributed by atoms with Crippen molar-refractivity contribution in [3.8, 4) is 0 Å². The van der Waals surface area contributed by atoms with Crippen LogP contribution in [0.1, 0.15) is 6.42 Å². The molecule has 0 aliphatic carbocycles. The molecule has 1 fully saturated rings. The van der Waals surface area contributed by atoms with Crippen LogP contribution in [0, 0.1) is 0 Å². The monoisotopic (exact) mass is 262 g/mol. The lowest BCUT2D eigenvalue weighted by molar-refractivity contribution is -0.138. The molecule has 3 heterocycles. The van der Waals surface area contributed by atoms with Crippen molar-refractivity contribution in [3.05, 3.63) is 24.7 Å². The number of fused-ring (bicyclic) bond motifs is 1. The molecular weight excluding hydrogens is 248 g/mol. The predicted octanol–water partition coefficient (Wildman–Crippen LogP) is 0.408. The summed E-state index contributed by atoms with van der Waals surface area (Å²) in [5.74, 6) is -0.227. The van der Waals surface area contributed by atoms with Gasteiger partial charge < -0.3 is 14.7 Å². The maximum absolute atomic E-state index is 11.4.